The number of aryl methyl sites for hydroxylation is 2. The topological polar surface area (TPSA) is 49.8 Å². The van der Waals surface area contributed by atoms with E-state index in [4.69, 9.17) is 16.6 Å². The maximum atomic E-state index is 6.16. The van der Waals surface area contributed by atoms with Crippen LogP contribution in [0.1, 0.15) is 24.0 Å². The van der Waals surface area contributed by atoms with E-state index in [1.165, 1.54) is 12.8 Å². The van der Waals surface area contributed by atoms with E-state index in [1.54, 1.807) is 0 Å². The number of nitrogens with zero attached hydrogens (tertiary/aromatic N) is 2. The summed E-state index contributed by atoms with van der Waals surface area (Å²) < 4.78 is 0. The Morgan fingerprint density at radius 2 is 1.65 bits per heavy atom. The van der Waals surface area contributed by atoms with Gasteiger partial charge in [0.1, 0.15) is 5.82 Å². The fraction of sp³-hybridized carbons (Fsp3) is 0.238. The number of anilines is 3. The number of halogens is 1. The van der Waals surface area contributed by atoms with Crippen molar-refractivity contribution in [1.29, 1.82) is 0 Å². The molecular formula is C21H21ClN4. The summed E-state index contributed by atoms with van der Waals surface area (Å²) in [5.41, 5.74) is 5.18. The molecule has 0 amide bonds. The third-order valence-corrected chi connectivity index (χ3v) is 4.68. The molecule has 0 unspecified atom stereocenters. The minimum Gasteiger partial charge on any atom is -0.351 e. The summed E-state index contributed by atoms with van der Waals surface area (Å²) in [6.45, 7) is 4.09. The minimum atomic E-state index is 0.493. The summed E-state index contributed by atoms with van der Waals surface area (Å²) in [4.78, 5) is 9.37. The Kier molecular flexibility index (Phi) is 4.51. The minimum absolute atomic E-state index is 0.493. The molecule has 3 aromatic rings. The third kappa shape index (κ3) is 3.81. The van der Waals surface area contributed by atoms with Gasteiger partial charge in [0.25, 0.3) is 0 Å². The number of aromatic nitrogens is 2. The van der Waals surface area contributed by atoms with E-state index in [-0.39, 0.29) is 0 Å². The molecule has 2 N–H and O–H groups in total. The Morgan fingerprint density at radius 1 is 0.962 bits per heavy atom. The fourth-order valence-corrected chi connectivity index (χ4v) is 3.31. The fourth-order valence-electron chi connectivity index (χ4n) is 2.98. The highest BCUT2D eigenvalue weighted by atomic mass is 35.5. The van der Waals surface area contributed by atoms with Crippen LogP contribution in [0, 0.1) is 13.8 Å². The van der Waals surface area contributed by atoms with E-state index >= 15 is 0 Å². The lowest BCUT2D eigenvalue weighted by Crippen LogP contribution is -2.08. The summed E-state index contributed by atoms with van der Waals surface area (Å²) in [5, 5.41) is 7.61. The average Bonchev–Trinajstić information content (AvgIpc) is 3.43. The van der Waals surface area contributed by atoms with Gasteiger partial charge in [-0.05, 0) is 49.9 Å². The standard InChI is InChI=1S/C21H21ClN4/c1-13-10-16(22)11-14(2)20(13)25-19-12-18(15-6-4-3-5-7-15)24-21(26-19)23-17-8-9-17/h3-7,10-12,17H,8-9H2,1-2H3,(H2,23,24,25,26). The lowest BCUT2D eigenvalue weighted by Gasteiger charge is -2.15. The number of rotatable bonds is 5. The van der Waals surface area contributed by atoms with Gasteiger partial charge in [-0.1, -0.05) is 41.9 Å². The first-order valence-electron chi connectivity index (χ1n) is 8.83. The molecule has 0 radical (unpaired) electrons. The molecule has 0 bridgehead atoms. The van der Waals surface area contributed by atoms with Crippen molar-refractivity contribution in [1.82, 2.24) is 9.97 Å². The average molecular weight is 365 g/mol. The highest BCUT2D eigenvalue weighted by Gasteiger charge is 2.22. The molecule has 1 aromatic heterocycles. The Balaban J connectivity index is 1.73. The molecule has 1 saturated carbocycles. The molecule has 0 spiro atoms. The maximum absolute atomic E-state index is 6.16. The Hall–Kier alpha value is -2.59. The van der Waals surface area contributed by atoms with Crippen LogP contribution >= 0.6 is 11.6 Å². The van der Waals surface area contributed by atoms with Crippen LogP contribution in [0.3, 0.4) is 0 Å². The summed E-state index contributed by atoms with van der Waals surface area (Å²) in [5.74, 6) is 1.44. The van der Waals surface area contributed by atoms with E-state index in [1.807, 2.05) is 50.2 Å². The van der Waals surface area contributed by atoms with Crippen molar-refractivity contribution in [2.24, 2.45) is 0 Å². The Morgan fingerprint density at radius 3 is 2.31 bits per heavy atom. The number of hydrogen-bond donors (Lipinski definition) is 2. The van der Waals surface area contributed by atoms with Gasteiger partial charge in [0, 0.05) is 28.4 Å². The van der Waals surface area contributed by atoms with Crippen LogP contribution in [0.2, 0.25) is 5.02 Å². The van der Waals surface area contributed by atoms with Crippen molar-refractivity contribution in [3.05, 3.63) is 64.7 Å². The number of hydrogen-bond acceptors (Lipinski definition) is 4. The van der Waals surface area contributed by atoms with Crippen molar-refractivity contribution in [2.75, 3.05) is 10.6 Å². The molecule has 1 fully saturated rings. The molecule has 26 heavy (non-hydrogen) atoms. The van der Waals surface area contributed by atoms with Crippen LogP contribution in [-0.4, -0.2) is 16.0 Å². The smallest absolute Gasteiger partial charge is 0.225 e. The quantitative estimate of drug-likeness (QED) is 0.606. The van der Waals surface area contributed by atoms with Crippen molar-refractivity contribution < 1.29 is 0 Å². The Labute approximate surface area is 158 Å². The van der Waals surface area contributed by atoms with E-state index in [0.717, 1.165) is 38.9 Å². The van der Waals surface area contributed by atoms with Gasteiger partial charge in [0.05, 0.1) is 5.69 Å². The van der Waals surface area contributed by atoms with E-state index in [2.05, 4.69) is 27.8 Å². The van der Waals surface area contributed by atoms with E-state index in [9.17, 15) is 0 Å². The highest BCUT2D eigenvalue weighted by Crippen LogP contribution is 2.30. The van der Waals surface area contributed by atoms with Gasteiger partial charge in [-0.15, -0.1) is 0 Å². The molecular weight excluding hydrogens is 344 g/mol. The van der Waals surface area contributed by atoms with Crippen molar-refractivity contribution in [2.45, 2.75) is 32.7 Å². The van der Waals surface area contributed by atoms with E-state index < -0.39 is 0 Å². The molecule has 0 saturated heterocycles. The lowest BCUT2D eigenvalue weighted by atomic mass is 10.1. The number of benzene rings is 2. The Bertz CT molecular complexity index is 913. The zero-order chi connectivity index (χ0) is 18.1. The van der Waals surface area contributed by atoms with Crippen molar-refractivity contribution in [3.63, 3.8) is 0 Å². The predicted octanol–water partition coefficient (Wildman–Crippen LogP) is 5.73. The molecule has 132 valence electrons. The molecule has 1 aliphatic rings. The van der Waals surface area contributed by atoms with Gasteiger partial charge in [0.15, 0.2) is 0 Å². The summed E-state index contributed by atoms with van der Waals surface area (Å²) in [6, 6.07) is 16.6. The second-order valence-electron chi connectivity index (χ2n) is 6.79. The van der Waals surface area contributed by atoms with Crippen LogP contribution in [0.5, 0.6) is 0 Å². The van der Waals surface area contributed by atoms with Gasteiger partial charge in [-0.25, -0.2) is 4.98 Å². The van der Waals surface area contributed by atoms with Crippen LogP contribution in [0.4, 0.5) is 17.5 Å². The first-order chi connectivity index (χ1) is 12.6. The van der Waals surface area contributed by atoms with Gasteiger partial charge in [0.2, 0.25) is 5.95 Å². The monoisotopic (exact) mass is 364 g/mol. The van der Waals surface area contributed by atoms with Gasteiger partial charge >= 0.3 is 0 Å². The largest absolute Gasteiger partial charge is 0.351 e. The highest BCUT2D eigenvalue weighted by molar-refractivity contribution is 6.30. The normalized spacial score (nSPS) is 13.5. The molecule has 1 aliphatic carbocycles. The summed E-state index contributed by atoms with van der Waals surface area (Å²) >= 11 is 6.16. The molecule has 4 rings (SSSR count). The molecule has 0 atom stereocenters. The predicted molar refractivity (Wildman–Crippen MR) is 108 cm³/mol. The molecule has 2 aromatic carbocycles. The summed E-state index contributed by atoms with van der Waals surface area (Å²) in [7, 11) is 0. The number of nitrogens with one attached hydrogen (secondary N) is 2. The van der Waals surface area contributed by atoms with Crippen molar-refractivity contribution in [3.8, 4) is 11.3 Å². The van der Waals surface area contributed by atoms with Crippen molar-refractivity contribution >= 4 is 29.1 Å². The zero-order valence-corrected chi connectivity index (χ0v) is 15.6. The second kappa shape index (κ2) is 6.96. The lowest BCUT2D eigenvalue weighted by molar-refractivity contribution is 1.06. The maximum Gasteiger partial charge on any atom is 0.225 e. The van der Waals surface area contributed by atoms with Gasteiger partial charge in [-0.2, -0.15) is 4.98 Å². The zero-order valence-electron chi connectivity index (χ0n) is 14.9. The van der Waals surface area contributed by atoms with Gasteiger partial charge < -0.3 is 10.6 Å². The SMILES string of the molecule is Cc1cc(Cl)cc(C)c1Nc1cc(-c2ccccc2)nc(NC2CC2)n1. The van der Waals surface area contributed by atoms with Crippen LogP contribution in [0.25, 0.3) is 11.3 Å². The second-order valence-corrected chi connectivity index (χ2v) is 7.22. The molecule has 4 nitrogen and oxygen atoms in total. The van der Waals surface area contributed by atoms with Gasteiger partial charge in [-0.3, -0.25) is 0 Å². The summed E-state index contributed by atoms with van der Waals surface area (Å²) in [6.07, 6.45) is 2.36. The van der Waals surface area contributed by atoms with Crippen LogP contribution in [-0.2, 0) is 0 Å². The van der Waals surface area contributed by atoms with Crippen LogP contribution < -0.4 is 10.6 Å². The molecule has 0 aliphatic heterocycles. The third-order valence-electron chi connectivity index (χ3n) is 4.46. The van der Waals surface area contributed by atoms with E-state index in [0.29, 0.717) is 12.0 Å². The first-order valence-corrected chi connectivity index (χ1v) is 9.21. The van der Waals surface area contributed by atoms with Crippen LogP contribution in [0.15, 0.2) is 48.5 Å². The molecule has 1 heterocycles. The first kappa shape index (κ1) is 16.9. The molecule has 5 heteroatoms.